The van der Waals surface area contributed by atoms with Crippen LogP contribution in [0.15, 0.2) is 24.4 Å². The maximum Gasteiger partial charge on any atom is 0.346 e. The number of aryl methyl sites for hydroxylation is 2. The highest BCUT2D eigenvalue weighted by molar-refractivity contribution is 5.88. The lowest BCUT2D eigenvalue weighted by atomic mass is 10.1. The molecule has 1 aromatic carbocycles. The molecule has 0 bridgehead atoms. The van der Waals surface area contributed by atoms with E-state index in [4.69, 9.17) is 4.74 Å². The molecule has 19 heavy (non-hydrogen) atoms. The van der Waals surface area contributed by atoms with Gasteiger partial charge in [0.25, 0.3) is 0 Å². The van der Waals surface area contributed by atoms with Crippen molar-refractivity contribution in [2.75, 3.05) is 7.11 Å². The zero-order chi connectivity index (χ0) is 14.0. The van der Waals surface area contributed by atoms with Crippen LogP contribution >= 0.6 is 0 Å². The van der Waals surface area contributed by atoms with Crippen LogP contribution in [0.3, 0.4) is 0 Å². The molecular weight excluding hydrogens is 242 g/mol. The van der Waals surface area contributed by atoms with Crippen molar-refractivity contribution in [1.82, 2.24) is 4.98 Å². The third-order valence-electron chi connectivity index (χ3n) is 2.98. The highest BCUT2D eigenvalue weighted by Gasteiger charge is 2.16. The van der Waals surface area contributed by atoms with Gasteiger partial charge in [-0.2, -0.15) is 0 Å². The van der Waals surface area contributed by atoms with E-state index >= 15 is 0 Å². The van der Waals surface area contributed by atoms with E-state index in [1.807, 2.05) is 19.9 Å². The molecular formula is C15H17NO3. The molecule has 1 atom stereocenters. The molecule has 0 spiro atoms. The number of fused-ring (bicyclic) bond motifs is 1. The van der Waals surface area contributed by atoms with Crippen LogP contribution in [0.5, 0.6) is 5.75 Å². The summed E-state index contributed by atoms with van der Waals surface area (Å²) in [6, 6.07) is 5.85. The third kappa shape index (κ3) is 2.67. The molecule has 0 fully saturated rings. The Morgan fingerprint density at radius 2 is 2.05 bits per heavy atom. The van der Waals surface area contributed by atoms with Crippen LogP contribution in [0.1, 0.15) is 18.1 Å². The van der Waals surface area contributed by atoms with E-state index in [2.05, 4.69) is 15.8 Å². The van der Waals surface area contributed by atoms with Gasteiger partial charge in [0, 0.05) is 11.6 Å². The zero-order valence-corrected chi connectivity index (χ0v) is 11.6. The number of carbonyl (C=O) groups is 1. The quantitative estimate of drug-likeness (QED) is 0.795. The first-order chi connectivity index (χ1) is 9.02. The van der Waals surface area contributed by atoms with Crippen molar-refractivity contribution in [3.05, 3.63) is 35.5 Å². The van der Waals surface area contributed by atoms with Crippen LogP contribution in [0.2, 0.25) is 0 Å². The first-order valence-corrected chi connectivity index (χ1v) is 6.13. The number of methoxy groups -OCH3 is 1. The number of hydrogen-bond acceptors (Lipinski definition) is 4. The molecule has 0 amide bonds. The van der Waals surface area contributed by atoms with Gasteiger partial charge in [-0.05, 0) is 44.0 Å². The minimum Gasteiger partial charge on any atom is -0.478 e. The molecule has 0 saturated carbocycles. The zero-order valence-electron chi connectivity index (χ0n) is 11.6. The second kappa shape index (κ2) is 5.26. The molecule has 0 aliphatic rings. The van der Waals surface area contributed by atoms with Crippen molar-refractivity contribution >= 4 is 16.9 Å². The highest BCUT2D eigenvalue weighted by atomic mass is 16.6. The van der Waals surface area contributed by atoms with Crippen LogP contribution in [-0.2, 0) is 9.53 Å². The number of benzene rings is 1. The lowest BCUT2D eigenvalue weighted by Gasteiger charge is -2.15. The van der Waals surface area contributed by atoms with E-state index in [1.54, 1.807) is 19.2 Å². The summed E-state index contributed by atoms with van der Waals surface area (Å²) in [5, 5.41) is 0.913. The molecule has 2 rings (SSSR count). The van der Waals surface area contributed by atoms with Crippen molar-refractivity contribution in [1.29, 1.82) is 0 Å². The fourth-order valence-electron chi connectivity index (χ4n) is 2.10. The summed E-state index contributed by atoms with van der Waals surface area (Å²) < 4.78 is 10.3. The monoisotopic (exact) mass is 259 g/mol. The second-order valence-corrected chi connectivity index (χ2v) is 4.57. The fourth-order valence-corrected chi connectivity index (χ4v) is 2.10. The van der Waals surface area contributed by atoms with Gasteiger partial charge < -0.3 is 9.47 Å². The molecule has 4 nitrogen and oxygen atoms in total. The van der Waals surface area contributed by atoms with Crippen molar-refractivity contribution in [2.24, 2.45) is 0 Å². The lowest BCUT2D eigenvalue weighted by molar-refractivity contribution is -0.147. The van der Waals surface area contributed by atoms with Crippen LogP contribution in [0, 0.1) is 13.8 Å². The predicted octanol–water partition coefficient (Wildman–Crippen LogP) is 2.79. The summed E-state index contributed by atoms with van der Waals surface area (Å²) in [6.07, 6.45) is 1.04. The summed E-state index contributed by atoms with van der Waals surface area (Å²) >= 11 is 0. The van der Waals surface area contributed by atoms with E-state index in [0.29, 0.717) is 5.75 Å². The largest absolute Gasteiger partial charge is 0.478 e. The van der Waals surface area contributed by atoms with Crippen molar-refractivity contribution in [2.45, 2.75) is 26.9 Å². The normalized spacial score (nSPS) is 12.2. The van der Waals surface area contributed by atoms with Gasteiger partial charge in [-0.25, -0.2) is 4.79 Å². The third-order valence-corrected chi connectivity index (χ3v) is 2.98. The van der Waals surface area contributed by atoms with Gasteiger partial charge in [-0.3, -0.25) is 4.98 Å². The molecule has 4 heteroatoms. The Balaban J connectivity index is 2.46. The van der Waals surface area contributed by atoms with Crippen LogP contribution in [-0.4, -0.2) is 24.2 Å². The van der Waals surface area contributed by atoms with Crippen LogP contribution < -0.4 is 4.74 Å². The molecule has 0 aliphatic carbocycles. The second-order valence-electron chi connectivity index (χ2n) is 4.57. The van der Waals surface area contributed by atoms with Crippen molar-refractivity contribution in [3.8, 4) is 5.75 Å². The number of esters is 1. The Morgan fingerprint density at radius 3 is 2.74 bits per heavy atom. The average molecular weight is 259 g/mol. The Hall–Kier alpha value is -2.10. The molecule has 100 valence electrons. The SMILES string of the molecule is COC(=O)[C@H](C)Oc1ccnc2c(C)cc(C)cc12. The molecule has 1 heterocycles. The minimum atomic E-state index is -0.642. The molecule has 0 radical (unpaired) electrons. The van der Waals surface area contributed by atoms with Crippen molar-refractivity contribution < 1.29 is 14.3 Å². The number of aromatic nitrogens is 1. The Bertz CT molecular complexity index is 622. The summed E-state index contributed by atoms with van der Waals surface area (Å²) in [5.74, 6) is 0.254. The topological polar surface area (TPSA) is 48.4 Å². The van der Waals surface area contributed by atoms with E-state index < -0.39 is 12.1 Å². The summed E-state index contributed by atoms with van der Waals surface area (Å²) in [6.45, 7) is 5.70. The Kier molecular flexibility index (Phi) is 3.69. The van der Waals surface area contributed by atoms with Crippen LogP contribution in [0.4, 0.5) is 0 Å². The number of hydrogen-bond donors (Lipinski definition) is 0. The first-order valence-electron chi connectivity index (χ1n) is 6.13. The molecule has 0 saturated heterocycles. The highest BCUT2D eigenvalue weighted by Crippen LogP contribution is 2.28. The van der Waals surface area contributed by atoms with Gasteiger partial charge in [0.1, 0.15) is 5.75 Å². The van der Waals surface area contributed by atoms with Gasteiger partial charge in [-0.1, -0.05) is 6.07 Å². The maximum atomic E-state index is 11.4. The molecule has 1 aromatic heterocycles. The van der Waals surface area contributed by atoms with Gasteiger partial charge in [0.05, 0.1) is 12.6 Å². The first kappa shape index (κ1) is 13.3. The smallest absolute Gasteiger partial charge is 0.346 e. The van der Waals surface area contributed by atoms with Gasteiger partial charge >= 0.3 is 5.97 Å². The molecule has 0 unspecified atom stereocenters. The van der Waals surface area contributed by atoms with E-state index in [1.165, 1.54) is 7.11 Å². The van der Waals surface area contributed by atoms with E-state index in [9.17, 15) is 4.79 Å². The van der Waals surface area contributed by atoms with Gasteiger partial charge in [0.2, 0.25) is 0 Å². The standard InChI is InChI=1S/C15H17NO3/c1-9-7-10(2)14-12(8-9)13(5-6-16-14)19-11(3)15(17)18-4/h5-8,11H,1-4H3/t11-/m0/s1. The summed E-state index contributed by atoms with van der Waals surface area (Å²) in [4.78, 5) is 15.8. The number of pyridine rings is 1. The molecule has 2 aromatic rings. The van der Waals surface area contributed by atoms with Crippen molar-refractivity contribution in [3.63, 3.8) is 0 Å². The van der Waals surface area contributed by atoms with E-state index in [0.717, 1.165) is 22.0 Å². The van der Waals surface area contributed by atoms with Crippen LogP contribution in [0.25, 0.3) is 10.9 Å². The molecule has 0 aliphatic heterocycles. The fraction of sp³-hybridized carbons (Fsp3) is 0.333. The number of ether oxygens (including phenoxy) is 2. The summed E-state index contributed by atoms with van der Waals surface area (Å²) in [7, 11) is 1.35. The lowest BCUT2D eigenvalue weighted by Crippen LogP contribution is -2.25. The van der Waals surface area contributed by atoms with Gasteiger partial charge in [0.15, 0.2) is 6.10 Å². The van der Waals surface area contributed by atoms with Gasteiger partial charge in [-0.15, -0.1) is 0 Å². The molecule has 0 N–H and O–H groups in total. The Morgan fingerprint density at radius 1 is 1.32 bits per heavy atom. The average Bonchev–Trinajstić information content (AvgIpc) is 2.38. The minimum absolute atomic E-state index is 0.394. The Labute approximate surface area is 112 Å². The van der Waals surface area contributed by atoms with E-state index in [-0.39, 0.29) is 0 Å². The predicted molar refractivity (Wildman–Crippen MR) is 73.3 cm³/mol. The summed E-state index contributed by atoms with van der Waals surface area (Å²) in [5.41, 5.74) is 3.11. The number of rotatable bonds is 3. The number of nitrogens with zero attached hydrogens (tertiary/aromatic N) is 1. The maximum absolute atomic E-state index is 11.4. The number of carbonyl (C=O) groups excluding carboxylic acids is 1.